The van der Waals surface area contributed by atoms with Gasteiger partial charge in [-0.05, 0) is 25.3 Å². The van der Waals surface area contributed by atoms with Crippen LogP contribution in [0.5, 0.6) is 0 Å². The van der Waals surface area contributed by atoms with Crippen LogP contribution in [0.15, 0.2) is 24.3 Å². The number of benzene rings is 1. The summed E-state index contributed by atoms with van der Waals surface area (Å²) >= 11 is 2.41. The van der Waals surface area contributed by atoms with Crippen molar-refractivity contribution in [1.29, 1.82) is 0 Å². The highest BCUT2D eigenvalue weighted by atomic mass is 127. The zero-order chi connectivity index (χ0) is 10.7. The molecule has 0 radical (unpaired) electrons. The standard InChI is InChI=1S/C13H17IO/c1-10-3-2-4-11(7-10)12-5-6-13(8-14)15-9-12/h2-4,7,12-13H,5-6,8-9H2,1H3. The first-order chi connectivity index (χ1) is 7.29. The molecule has 0 bridgehead atoms. The third-order valence-electron chi connectivity index (χ3n) is 3.06. The Morgan fingerprint density at radius 1 is 1.40 bits per heavy atom. The van der Waals surface area contributed by atoms with Crippen molar-refractivity contribution in [3.05, 3.63) is 35.4 Å². The first kappa shape index (κ1) is 11.4. The SMILES string of the molecule is Cc1cccc(C2CCC(CI)OC2)c1. The van der Waals surface area contributed by atoms with E-state index < -0.39 is 0 Å². The number of hydrogen-bond acceptors (Lipinski definition) is 1. The molecule has 1 aliphatic heterocycles. The lowest BCUT2D eigenvalue weighted by atomic mass is 9.91. The van der Waals surface area contributed by atoms with Gasteiger partial charge >= 0.3 is 0 Å². The molecule has 15 heavy (non-hydrogen) atoms. The van der Waals surface area contributed by atoms with Gasteiger partial charge in [-0.1, -0.05) is 52.4 Å². The molecule has 1 aliphatic rings. The first-order valence-electron chi connectivity index (χ1n) is 5.53. The van der Waals surface area contributed by atoms with Gasteiger partial charge < -0.3 is 4.74 Å². The van der Waals surface area contributed by atoms with Crippen molar-refractivity contribution in [2.75, 3.05) is 11.0 Å². The van der Waals surface area contributed by atoms with Crippen LogP contribution in [0.3, 0.4) is 0 Å². The number of ether oxygens (including phenoxy) is 1. The van der Waals surface area contributed by atoms with E-state index in [0.29, 0.717) is 12.0 Å². The Morgan fingerprint density at radius 3 is 2.87 bits per heavy atom. The second-order valence-electron chi connectivity index (χ2n) is 4.30. The van der Waals surface area contributed by atoms with Gasteiger partial charge in [-0.15, -0.1) is 0 Å². The zero-order valence-corrected chi connectivity index (χ0v) is 11.2. The molecule has 2 rings (SSSR count). The van der Waals surface area contributed by atoms with E-state index >= 15 is 0 Å². The van der Waals surface area contributed by atoms with Crippen molar-refractivity contribution in [1.82, 2.24) is 0 Å². The summed E-state index contributed by atoms with van der Waals surface area (Å²) in [4.78, 5) is 0. The molecular weight excluding hydrogens is 299 g/mol. The van der Waals surface area contributed by atoms with Gasteiger partial charge in [0.1, 0.15) is 0 Å². The Bertz CT molecular complexity index is 316. The number of alkyl halides is 1. The maximum absolute atomic E-state index is 5.83. The van der Waals surface area contributed by atoms with Crippen LogP contribution in [0, 0.1) is 6.92 Å². The largest absolute Gasteiger partial charge is 0.377 e. The fourth-order valence-corrected chi connectivity index (χ4v) is 2.81. The molecule has 2 atom stereocenters. The molecule has 0 spiro atoms. The molecule has 1 nitrogen and oxygen atoms in total. The number of halogens is 1. The van der Waals surface area contributed by atoms with Crippen LogP contribution in [0.1, 0.15) is 29.9 Å². The molecule has 82 valence electrons. The van der Waals surface area contributed by atoms with Gasteiger partial charge in [0.05, 0.1) is 12.7 Å². The molecule has 0 aromatic heterocycles. The van der Waals surface area contributed by atoms with Crippen LogP contribution in [0.25, 0.3) is 0 Å². The van der Waals surface area contributed by atoms with E-state index in [4.69, 9.17) is 4.74 Å². The summed E-state index contributed by atoms with van der Waals surface area (Å²) < 4.78 is 6.95. The third-order valence-corrected chi connectivity index (χ3v) is 4.04. The van der Waals surface area contributed by atoms with Gasteiger partial charge in [0.2, 0.25) is 0 Å². The predicted molar refractivity (Wildman–Crippen MR) is 71.8 cm³/mol. The predicted octanol–water partition coefficient (Wildman–Crippen LogP) is 3.69. The minimum atomic E-state index is 0.492. The van der Waals surface area contributed by atoms with Crippen LogP contribution < -0.4 is 0 Å². The second-order valence-corrected chi connectivity index (χ2v) is 5.18. The van der Waals surface area contributed by atoms with E-state index in [1.165, 1.54) is 24.0 Å². The van der Waals surface area contributed by atoms with Crippen molar-refractivity contribution >= 4 is 22.6 Å². The van der Waals surface area contributed by atoms with Crippen molar-refractivity contribution in [2.24, 2.45) is 0 Å². The molecule has 0 aliphatic carbocycles. The van der Waals surface area contributed by atoms with Crippen molar-refractivity contribution in [3.8, 4) is 0 Å². The van der Waals surface area contributed by atoms with Gasteiger partial charge in [0, 0.05) is 10.3 Å². The highest BCUT2D eigenvalue weighted by Gasteiger charge is 2.21. The molecule has 0 saturated carbocycles. The summed E-state index contributed by atoms with van der Waals surface area (Å²) in [6.45, 7) is 3.05. The summed E-state index contributed by atoms with van der Waals surface area (Å²) in [6.07, 6.45) is 2.98. The maximum Gasteiger partial charge on any atom is 0.0665 e. The van der Waals surface area contributed by atoms with Gasteiger partial charge in [0.25, 0.3) is 0 Å². The van der Waals surface area contributed by atoms with Crippen LogP contribution in [-0.2, 0) is 4.74 Å². The average molecular weight is 316 g/mol. The number of hydrogen-bond donors (Lipinski definition) is 0. The Balaban J connectivity index is 2.01. The molecule has 1 saturated heterocycles. The van der Waals surface area contributed by atoms with Gasteiger partial charge in [-0.25, -0.2) is 0 Å². The normalized spacial score (nSPS) is 26.5. The van der Waals surface area contributed by atoms with Crippen LogP contribution >= 0.6 is 22.6 Å². The summed E-state index contributed by atoms with van der Waals surface area (Å²) in [5.74, 6) is 0.615. The van der Waals surface area contributed by atoms with E-state index in [1.54, 1.807) is 0 Å². The molecule has 0 amide bonds. The molecule has 1 fully saturated rings. The molecule has 2 heteroatoms. The minimum Gasteiger partial charge on any atom is -0.377 e. The fourth-order valence-electron chi connectivity index (χ4n) is 2.11. The molecule has 1 aromatic rings. The van der Waals surface area contributed by atoms with Crippen molar-refractivity contribution in [3.63, 3.8) is 0 Å². The zero-order valence-electron chi connectivity index (χ0n) is 9.08. The summed E-state index contributed by atoms with van der Waals surface area (Å²) in [7, 11) is 0. The summed E-state index contributed by atoms with van der Waals surface area (Å²) in [6, 6.07) is 8.82. The smallest absolute Gasteiger partial charge is 0.0665 e. The van der Waals surface area contributed by atoms with Gasteiger partial charge in [-0.2, -0.15) is 0 Å². The van der Waals surface area contributed by atoms with E-state index in [-0.39, 0.29) is 0 Å². The number of rotatable bonds is 2. The van der Waals surface area contributed by atoms with Crippen LogP contribution in [0.2, 0.25) is 0 Å². The lowest BCUT2D eigenvalue weighted by molar-refractivity contribution is 0.0201. The molecular formula is C13H17IO. The average Bonchev–Trinajstić information content (AvgIpc) is 2.29. The van der Waals surface area contributed by atoms with E-state index in [2.05, 4.69) is 53.8 Å². The summed E-state index contributed by atoms with van der Waals surface area (Å²) in [5.41, 5.74) is 2.80. The molecule has 2 unspecified atom stereocenters. The molecule has 1 heterocycles. The van der Waals surface area contributed by atoms with Crippen LogP contribution in [-0.4, -0.2) is 17.1 Å². The monoisotopic (exact) mass is 316 g/mol. The number of aryl methyl sites for hydroxylation is 1. The van der Waals surface area contributed by atoms with Gasteiger partial charge in [0.15, 0.2) is 0 Å². The van der Waals surface area contributed by atoms with Crippen molar-refractivity contribution in [2.45, 2.75) is 31.8 Å². The van der Waals surface area contributed by atoms with E-state index in [1.807, 2.05) is 0 Å². The third kappa shape index (κ3) is 2.94. The highest BCUT2D eigenvalue weighted by molar-refractivity contribution is 14.1. The lowest BCUT2D eigenvalue weighted by Gasteiger charge is -2.28. The highest BCUT2D eigenvalue weighted by Crippen LogP contribution is 2.29. The Kier molecular flexibility index (Phi) is 4.03. The van der Waals surface area contributed by atoms with E-state index in [0.717, 1.165) is 11.0 Å². The van der Waals surface area contributed by atoms with Gasteiger partial charge in [-0.3, -0.25) is 0 Å². The lowest BCUT2D eigenvalue weighted by Crippen LogP contribution is -2.25. The van der Waals surface area contributed by atoms with Crippen molar-refractivity contribution < 1.29 is 4.74 Å². The van der Waals surface area contributed by atoms with E-state index in [9.17, 15) is 0 Å². The Morgan fingerprint density at radius 2 is 2.27 bits per heavy atom. The minimum absolute atomic E-state index is 0.492. The second kappa shape index (κ2) is 5.30. The quantitative estimate of drug-likeness (QED) is 0.597. The summed E-state index contributed by atoms with van der Waals surface area (Å²) in [5, 5.41) is 0. The maximum atomic E-state index is 5.83. The van der Waals surface area contributed by atoms with Crippen LogP contribution in [0.4, 0.5) is 0 Å². The first-order valence-corrected chi connectivity index (χ1v) is 7.06. The topological polar surface area (TPSA) is 9.23 Å². The molecule has 0 N–H and O–H groups in total. The Hall–Kier alpha value is -0.0900. The molecule has 1 aromatic carbocycles. The fraction of sp³-hybridized carbons (Fsp3) is 0.538. The Labute approximate surface area is 105 Å².